The molecule has 0 bridgehead atoms. The van der Waals surface area contributed by atoms with Crippen molar-refractivity contribution in [3.63, 3.8) is 0 Å². The summed E-state index contributed by atoms with van der Waals surface area (Å²) < 4.78 is 5.50. The van der Waals surface area contributed by atoms with Crippen LogP contribution in [0.4, 0.5) is 5.69 Å². The summed E-state index contributed by atoms with van der Waals surface area (Å²) in [5.41, 5.74) is 1.93. The average Bonchev–Trinajstić information content (AvgIpc) is 3.27. The number of ether oxygens (including phenoxy) is 1. The van der Waals surface area contributed by atoms with Crippen LogP contribution in [0.2, 0.25) is 0 Å². The monoisotopic (exact) mass is 415 g/mol. The lowest BCUT2D eigenvalue weighted by Crippen LogP contribution is -2.46. The van der Waals surface area contributed by atoms with Crippen LogP contribution in [0.5, 0.6) is 0 Å². The summed E-state index contributed by atoms with van der Waals surface area (Å²) in [5.74, 6) is 1.06. The lowest BCUT2D eigenvalue weighted by molar-refractivity contribution is -0.119. The standard InChI is InChI=1S/C23H37N5O2/c1-4-18(3)22(29)26-20-8-6-7-19(15-20)16-25-23(24-5-2)28-10-9-21(17-28)27-11-13-30-14-12-27/h6-8,15,18,21H,4-5,9-14,16-17H2,1-3H3,(H,24,25)(H,26,29). The minimum atomic E-state index is 0.0154. The summed E-state index contributed by atoms with van der Waals surface area (Å²) in [7, 11) is 0. The molecule has 30 heavy (non-hydrogen) atoms. The Bertz CT molecular complexity index is 717. The molecule has 2 saturated heterocycles. The van der Waals surface area contributed by atoms with E-state index in [9.17, 15) is 4.79 Å². The van der Waals surface area contributed by atoms with E-state index >= 15 is 0 Å². The van der Waals surface area contributed by atoms with Crippen LogP contribution in [-0.4, -0.2) is 73.6 Å². The molecule has 2 heterocycles. The third-order valence-corrected chi connectivity index (χ3v) is 6.03. The van der Waals surface area contributed by atoms with Gasteiger partial charge in [0, 0.05) is 50.4 Å². The lowest BCUT2D eigenvalue weighted by atomic mass is 10.1. The van der Waals surface area contributed by atoms with Crippen LogP contribution in [0.15, 0.2) is 29.3 Å². The number of amides is 1. The Labute approximate surface area is 180 Å². The molecule has 1 aromatic rings. The zero-order valence-corrected chi connectivity index (χ0v) is 18.7. The number of rotatable bonds is 7. The van der Waals surface area contributed by atoms with Gasteiger partial charge in [0.05, 0.1) is 19.8 Å². The van der Waals surface area contributed by atoms with Gasteiger partial charge in [-0.1, -0.05) is 26.0 Å². The number of benzene rings is 1. The number of nitrogens with one attached hydrogen (secondary N) is 2. The van der Waals surface area contributed by atoms with E-state index in [1.807, 2.05) is 32.0 Å². The van der Waals surface area contributed by atoms with Crippen molar-refractivity contribution in [2.24, 2.45) is 10.9 Å². The van der Waals surface area contributed by atoms with Crippen molar-refractivity contribution in [2.45, 2.75) is 46.2 Å². The maximum atomic E-state index is 12.2. The zero-order valence-electron chi connectivity index (χ0n) is 18.7. The van der Waals surface area contributed by atoms with E-state index in [-0.39, 0.29) is 11.8 Å². The molecule has 0 spiro atoms. The van der Waals surface area contributed by atoms with Gasteiger partial charge >= 0.3 is 0 Å². The first-order chi connectivity index (χ1) is 14.6. The van der Waals surface area contributed by atoms with Crippen LogP contribution in [0.3, 0.4) is 0 Å². The van der Waals surface area contributed by atoms with Gasteiger partial charge in [-0.15, -0.1) is 0 Å². The fourth-order valence-corrected chi connectivity index (χ4v) is 3.97. The molecule has 0 aliphatic carbocycles. The highest BCUT2D eigenvalue weighted by molar-refractivity contribution is 5.92. The second kappa shape index (κ2) is 11.3. The van der Waals surface area contributed by atoms with Gasteiger partial charge in [0.1, 0.15) is 0 Å². The van der Waals surface area contributed by atoms with Crippen LogP contribution in [0, 0.1) is 5.92 Å². The van der Waals surface area contributed by atoms with Gasteiger partial charge in [-0.05, 0) is 37.5 Å². The molecule has 2 aliphatic rings. The Morgan fingerprint density at radius 2 is 2.07 bits per heavy atom. The third kappa shape index (κ3) is 6.19. The molecule has 166 valence electrons. The van der Waals surface area contributed by atoms with E-state index in [0.29, 0.717) is 12.6 Å². The predicted molar refractivity (Wildman–Crippen MR) is 122 cm³/mol. The SMILES string of the molecule is CCNC(=NCc1cccc(NC(=O)C(C)CC)c1)N1CCC(N2CCOCC2)C1. The van der Waals surface area contributed by atoms with E-state index < -0.39 is 0 Å². The summed E-state index contributed by atoms with van der Waals surface area (Å²) in [6.07, 6.45) is 2.00. The third-order valence-electron chi connectivity index (χ3n) is 6.03. The molecule has 2 unspecified atom stereocenters. The van der Waals surface area contributed by atoms with E-state index in [0.717, 1.165) is 69.6 Å². The largest absolute Gasteiger partial charge is 0.379 e. The minimum Gasteiger partial charge on any atom is -0.379 e. The van der Waals surface area contributed by atoms with Crippen molar-refractivity contribution in [2.75, 3.05) is 51.3 Å². The Morgan fingerprint density at radius 3 is 2.80 bits per heavy atom. The summed E-state index contributed by atoms with van der Waals surface area (Å²) in [4.78, 5) is 22.0. The quantitative estimate of drug-likeness (QED) is 0.529. The maximum Gasteiger partial charge on any atom is 0.227 e. The van der Waals surface area contributed by atoms with Gasteiger partial charge in [-0.3, -0.25) is 9.69 Å². The summed E-state index contributed by atoms with van der Waals surface area (Å²) in [5, 5.41) is 6.46. The first kappa shape index (κ1) is 22.6. The number of hydrogen-bond acceptors (Lipinski definition) is 4. The molecular formula is C23H37N5O2. The molecule has 0 saturated carbocycles. The molecule has 2 fully saturated rings. The first-order valence-corrected chi connectivity index (χ1v) is 11.4. The number of guanidine groups is 1. The maximum absolute atomic E-state index is 12.2. The van der Waals surface area contributed by atoms with Gasteiger partial charge in [0.25, 0.3) is 0 Å². The predicted octanol–water partition coefficient (Wildman–Crippen LogP) is 2.54. The Kier molecular flexibility index (Phi) is 8.51. The Balaban J connectivity index is 1.61. The van der Waals surface area contributed by atoms with Crippen molar-refractivity contribution >= 4 is 17.6 Å². The van der Waals surface area contributed by atoms with Gasteiger partial charge in [-0.2, -0.15) is 0 Å². The first-order valence-electron chi connectivity index (χ1n) is 11.4. The molecule has 7 nitrogen and oxygen atoms in total. The van der Waals surface area contributed by atoms with Gasteiger partial charge < -0.3 is 20.3 Å². The topological polar surface area (TPSA) is 69.2 Å². The molecule has 0 aromatic heterocycles. The second-order valence-corrected chi connectivity index (χ2v) is 8.21. The molecule has 2 N–H and O–H groups in total. The number of hydrogen-bond donors (Lipinski definition) is 2. The second-order valence-electron chi connectivity index (χ2n) is 8.21. The number of nitrogens with zero attached hydrogens (tertiary/aromatic N) is 3. The highest BCUT2D eigenvalue weighted by Gasteiger charge is 2.30. The highest BCUT2D eigenvalue weighted by atomic mass is 16.5. The van der Waals surface area contributed by atoms with E-state index in [1.165, 1.54) is 6.42 Å². The molecule has 0 radical (unpaired) electrons. The van der Waals surface area contributed by atoms with E-state index in [4.69, 9.17) is 9.73 Å². The Morgan fingerprint density at radius 1 is 1.27 bits per heavy atom. The number of carbonyl (C=O) groups is 1. The molecule has 2 aliphatic heterocycles. The van der Waals surface area contributed by atoms with Crippen molar-refractivity contribution < 1.29 is 9.53 Å². The van der Waals surface area contributed by atoms with Crippen LogP contribution in [0.1, 0.15) is 39.2 Å². The van der Waals surface area contributed by atoms with Crippen LogP contribution >= 0.6 is 0 Å². The number of morpholine rings is 1. The highest BCUT2D eigenvalue weighted by Crippen LogP contribution is 2.18. The van der Waals surface area contributed by atoms with Crippen molar-refractivity contribution in [3.8, 4) is 0 Å². The van der Waals surface area contributed by atoms with Crippen LogP contribution in [0.25, 0.3) is 0 Å². The molecule has 1 amide bonds. The van der Waals surface area contributed by atoms with E-state index in [2.05, 4.69) is 33.4 Å². The van der Waals surface area contributed by atoms with Gasteiger partial charge in [0.15, 0.2) is 5.96 Å². The van der Waals surface area contributed by atoms with Gasteiger partial charge in [0.2, 0.25) is 5.91 Å². The minimum absolute atomic E-state index is 0.0154. The van der Waals surface area contributed by atoms with Crippen molar-refractivity contribution in [3.05, 3.63) is 29.8 Å². The fraction of sp³-hybridized carbons (Fsp3) is 0.652. The molecular weight excluding hydrogens is 378 g/mol. The average molecular weight is 416 g/mol. The van der Waals surface area contributed by atoms with E-state index in [1.54, 1.807) is 0 Å². The molecule has 3 rings (SSSR count). The molecule has 1 aromatic carbocycles. The zero-order chi connectivity index (χ0) is 21.3. The normalized spacial score (nSPS) is 21.5. The number of likely N-dealkylation sites (tertiary alicyclic amines) is 1. The smallest absolute Gasteiger partial charge is 0.227 e. The van der Waals surface area contributed by atoms with Crippen molar-refractivity contribution in [1.29, 1.82) is 0 Å². The van der Waals surface area contributed by atoms with Crippen molar-refractivity contribution in [1.82, 2.24) is 15.1 Å². The molecule has 2 atom stereocenters. The number of aliphatic imine (C=N–C) groups is 1. The summed E-state index contributed by atoms with van der Waals surface area (Å²) >= 11 is 0. The van der Waals surface area contributed by atoms with Gasteiger partial charge in [-0.25, -0.2) is 4.99 Å². The van der Waals surface area contributed by atoms with Crippen LogP contribution < -0.4 is 10.6 Å². The number of anilines is 1. The fourth-order valence-electron chi connectivity index (χ4n) is 3.97. The summed E-state index contributed by atoms with van der Waals surface area (Å²) in [6.45, 7) is 13.3. The summed E-state index contributed by atoms with van der Waals surface area (Å²) in [6, 6.07) is 8.58. The Hall–Kier alpha value is -2.12. The van der Waals surface area contributed by atoms with Crippen LogP contribution in [-0.2, 0) is 16.1 Å². The molecule has 7 heteroatoms. The lowest BCUT2D eigenvalue weighted by Gasteiger charge is -2.32. The number of carbonyl (C=O) groups excluding carboxylic acids is 1.